The van der Waals surface area contributed by atoms with E-state index >= 15 is 0 Å². The van der Waals surface area contributed by atoms with Crippen LogP contribution in [0.3, 0.4) is 0 Å². The molecule has 12 heteroatoms. The molecule has 2 aromatic rings. The Morgan fingerprint density at radius 1 is 0.977 bits per heavy atom. The van der Waals surface area contributed by atoms with E-state index in [0.717, 1.165) is 54.1 Å². The third kappa shape index (κ3) is 7.65. The highest BCUT2D eigenvalue weighted by Crippen LogP contribution is 2.37. The highest BCUT2D eigenvalue weighted by atomic mass is 32.2. The van der Waals surface area contributed by atoms with Crippen molar-refractivity contribution in [1.82, 2.24) is 19.1 Å². The van der Waals surface area contributed by atoms with Gasteiger partial charge in [0.1, 0.15) is 0 Å². The van der Waals surface area contributed by atoms with E-state index in [0.29, 0.717) is 57.9 Å². The van der Waals surface area contributed by atoms with Crippen LogP contribution in [0.4, 0.5) is 13.2 Å². The van der Waals surface area contributed by atoms with Gasteiger partial charge in [-0.05, 0) is 82.3 Å². The number of halogens is 3. The SMILES string of the molecule is O=C(CN1CCC(OCCCN2CCCC2)(c2cccnc2)CC1)C1CCCCN1S(=O)(=O)c1cccc(C(F)(F)F)c1. The predicted molar refractivity (Wildman–Crippen MR) is 156 cm³/mol. The average molecular weight is 623 g/mol. The number of hydrogen-bond acceptors (Lipinski definition) is 7. The normalized spacial score (nSPS) is 22.5. The maximum Gasteiger partial charge on any atom is 0.416 e. The zero-order chi connectivity index (χ0) is 30.5. The molecule has 1 atom stereocenters. The van der Waals surface area contributed by atoms with Gasteiger partial charge >= 0.3 is 6.18 Å². The van der Waals surface area contributed by atoms with Gasteiger partial charge in [0, 0.05) is 50.7 Å². The van der Waals surface area contributed by atoms with Gasteiger partial charge in [0.05, 0.1) is 28.6 Å². The number of Topliss-reactive ketones (excluding diaryl/α,β-unsaturated/α-hetero) is 1. The molecule has 0 N–H and O–H groups in total. The quantitative estimate of drug-likeness (QED) is 0.336. The summed E-state index contributed by atoms with van der Waals surface area (Å²) in [7, 11) is -4.29. The second-order valence-electron chi connectivity index (χ2n) is 11.9. The van der Waals surface area contributed by atoms with E-state index in [9.17, 15) is 26.4 Å². The molecule has 8 nitrogen and oxygen atoms in total. The van der Waals surface area contributed by atoms with Crippen LogP contribution in [0.5, 0.6) is 0 Å². The number of nitrogens with zero attached hydrogens (tertiary/aromatic N) is 4. The van der Waals surface area contributed by atoms with Crippen molar-refractivity contribution >= 4 is 15.8 Å². The van der Waals surface area contributed by atoms with Crippen molar-refractivity contribution in [1.29, 1.82) is 0 Å². The number of likely N-dealkylation sites (tertiary alicyclic amines) is 2. The minimum atomic E-state index is -4.67. The third-order valence-corrected chi connectivity index (χ3v) is 10.9. The lowest BCUT2D eigenvalue weighted by Crippen LogP contribution is -2.52. The maximum atomic E-state index is 13.6. The summed E-state index contributed by atoms with van der Waals surface area (Å²) in [6.07, 6.45) is 5.30. The van der Waals surface area contributed by atoms with Gasteiger partial charge in [0.25, 0.3) is 0 Å². The van der Waals surface area contributed by atoms with E-state index in [1.54, 1.807) is 6.20 Å². The fraction of sp³-hybridized carbons (Fsp3) is 0.613. The smallest absolute Gasteiger partial charge is 0.370 e. The minimum absolute atomic E-state index is 0.0807. The number of aromatic nitrogens is 1. The molecule has 0 spiro atoms. The number of ether oxygens (including phenoxy) is 1. The van der Waals surface area contributed by atoms with Gasteiger partial charge in [0.15, 0.2) is 5.78 Å². The summed E-state index contributed by atoms with van der Waals surface area (Å²) < 4.78 is 74.6. The number of piperidine rings is 2. The molecule has 0 aliphatic carbocycles. The summed E-state index contributed by atoms with van der Waals surface area (Å²) >= 11 is 0. The molecule has 43 heavy (non-hydrogen) atoms. The summed E-state index contributed by atoms with van der Waals surface area (Å²) in [4.78, 5) is 22.0. The number of sulfonamides is 1. The highest BCUT2D eigenvalue weighted by molar-refractivity contribution is 7.89. The van der Waals surface area contributed by atoms with Crippen molar-refractivity contribution in [3.8, 4) is 0 Å². The highest BCUT2D eigenvalue weighted by Gasteiger charge is 2.41. The van der Waals surface area contributed by atoms with Crippen LogP contribution in [0, 0.1) is 0 Å². The van der Waals surface area contributed by atoms with Gasteiger partial charge in [-0.25, -0.2) is 8.42 Å². The van der Waals surface area contributed by atoms with Crippen LogP contribution in [0.25, 0.3) is 0 Å². The number of rotatable bonds is 11. The standard InChI is InChI=1S/C31H41F3N4O4S/c32-31(33,34)25-8-5-10-27(22-25)43(40,41)38-18-2-1-11-28(38)29(39)24-37-19-12-30(13-20-37,26-9-6-14-35-23-26)42-21-7-17-36-15-3-4-16-36/h5-6,8-10,14,22-23,28H,1-4,7,11-13,15-21,24H2. The first-order valence-electron chi connectivity index (χ1n) is 15.3. The number of carbonyl (C=O) groups is 1. The van der Waals surface area contributed by atoms with Gasteiger partial charge in [-0.2, -0.15) is 17.5 Å². The zero-order valence-electron chi connectivity index (χ0n) is 24.5. The molecule has 3 aliphatic rings. The van der Waals surface area contributed by atoms with Crippen molar-refractivity contribution in [3.05, 3.63) is 59.9 Å². The van der Waals surface area contributed by atoms with Crippen LogP contribution in [-0.4, -0.2) is 91.8 Å². The number of alkyl halides is 3. The summed E-state index contributed by atoms with van der Waals surface area (Å²) in [6, 6.07) is 6.79. The zero-order valence-corrected chi connectivity index (χ0v) is 25.3. The van der Waals surface area contributed by atoms with Crippen molar-refractivity contribution in [2.45, 2.75) is 74.1 Å². The van der Waals surface area contributed by atoms with Crippen LogP contribution in [-0.2, 0) is 31.3 Å². The monoisotopic (exact) mass is 622 g/mol. The van der Waals surface area contributed by atoms with Crippen LogP contribution in [0.15, 0.2) is 53.7 Å². The van der Waals surface area contributed by atoms with Crippen LogP contribution >= 0.6 is 0 Å². The van der Waals surface area contributed by atoms with E-state index in [2.05, 4.69) is 9.88 Å². The topological polar surface area (TPSA) is 83.1 Å². The Bertz CT molecular complexity index is 1330. The predicted octanol–water partition coefficient (Wildman–Crippen LogP) is 4.71. The van der Waals surface area contributed by atoms with E-state index in [-0.39, 0.29) is 18.9 Å². The molecule has 0 saturated carbocycles. The Morgan fingerprint density at radius 3 is 2.42 bits per heavy atom. The van der Waals surface area contributed by atoms with Crippen molar-refractivity contribution in [2.24, 2.45) is 0 Å². The Labute approximate surface area is 252 Å². The van der Waals surface area contributed by atoms with Crippen molar-refractivity contribution in [2.75, 3.05) is 52.4 Å². The molecule has 3 saturated heterocycles. The number of hydrogen-bond donors (Lipinski definition) is 0. The molecule has 4 heterocycles. The second kappa shape index (κ2) is 13.7. The van der Waals surface area contributed by atoms with E-state index < -0.39 is 38.3 Å². The van der Waals surface area contributed by atoms with Gasteiger partial charge < -0.3 is 9.64 Å². The molecule has 0 radical (unpaired) electrons. The van der Waals surface area contributed by atoms with Crippen LogP contribution < -0.4 is 0 Å². The van der Waals surface area contributed by atoms with Crippen molar-refractivity contribution in [3.63, 3.8) is 0 Å². The third-order valence-electron chi connectivity index (χ3n) is 9.02. The molecule has 3 aliphatic heterocycles. The van der Waals surface area contributed by atoms with Crippen LogP contribution in [0.2, 0.25) is 0 Å². The maximum absolute atomic E-state index is 13.6. The Morgan fingerprint density at radius 2 is 1.72 bits per heavy atom. The molecule has 236 valence electrons. The Balaban J connectivity index is 1.23. The average Bonchev–Trinajstić information content (AvgIpc) is 3.54. The first kappa shape index (κ1) is 32.0. The van der Waals surface area contributed by atoms with E-state index in [1.165, 1.54) is 12.8 Å². The number of carbonyl (C=O) groups excluding carboxylic acids is 1. The minimum Gasteiger partial charge on any atom is -0.370 e. The fourth-order valence-corrected chi connectivity index (χ4v) is 8.32. The summed E-state index contributed by atoms with van der Waals surface area (Å²) in [5, 5.41) is 0. The fourth-order valence-electron chi connectivity index (χ4n) is 6.59. The lowest BCUT2D eigenvalue weighted by molar-refractivity contribution is -0.137. The largest absolute Gasteiger partial charge is 0.416 e. The first-order chi connectivity index (χ1) is 20.6. The summed E-state index contributed by atoms with van der Waals surface area (Å²) in [5.41, 5.74) is -0.507. The van der Waals surface area contributed by atoms with Gasteiger partial charge in [-0.1, -0.05) is 18.6 Å². The van der Waals surface area contributed by atoms with Crippen LogP contribution in [0.1, 0.15) is 62.5 Å². The summed E-state index contributed by atoms with van der Waals surface area (Å²) in [6.45, 7) is 5.33. The molecule has 0 amide bonds. The number of ketones is 1. The molecule has 1 unspecified atom stereocenters. The number of benzene rings is 1. The van der Waals surface area contributed by atoms with Gasteiger partial charge in [-0.15, -0.1) is 0 Å². The first-order valence-corrected chi connectivity index (χ1v) is 16.7. The molecule has 1 aromatic heterocycles. The number of pyridine rings is 1. The van der Waals surface area contributed by atoms with E-state index in [4.69, 9.17) is 4.74 Å². The van der Waals surface area contributed by atoms with Gasteiger partial charge in [0.2, 0.25) is 10.0 Å². The van der Waals surface area contributed by atoms with E-state index in [1.807, 2.05) is 23.2 Å². The lowest BCUT2D eigenvalue weighted by Gasteiger charge is -2.42. The molecule has 1 aromatic carbocycles. The Kier molecular flexibility index (Phi) is 10.2. The van der Waals surface area contributed by atoms with Gasteiger partial charge in [-0.3, -0.25) is 14.7 Å². The summed E-state index contributed by atoms with van der Waals surface area (Å²) in [5.74, 6) is -0.226. The Hall–Kier alpha value is -2.38. The lowest BCUT2D eigenvalue weighted by atomic mass is 9.84. The molecule has 0 bridgehead atoms. The van der Waals surface area contributed by atoms with Crippen molar-refractivity contribution < 1.29 is 31.1 Å². The molecule has 5 rings (SSSR count). The second-order valence-corrected chi connectivity index (χ2v) is 13.8. The molecular formula is C31H41F3N4O4S. The molecule has 3 fully saturated rings. The molecular weight excluding hydrogens is 581 g/mol.